The van der Waals surface area contributed by atoms with E-state index in [0.29, 0.717) is 0 Å². The van der Waals surface area contributed by atoms with Crippen molar-refractivity contribution in [3.8, 4) is 9.88 Å². The molecule has 0 aliphatic heterocycles. The Balaban J connectivity index is 2.19. The maximum Gasteiger partial charge on any atom is 0.235 e. The number of nitrogens with zero attached hydrogens (tertiary/aromatic N) is 4. The van der Waals surface area contributed by atoms with Crippen molar-refractivity contribution in [1.82, 2.24) is 19.8 Å². The zero-order valence-electron chi connectivity index (χ0n) is 8.54. The molecular formula is C9H9N5S2. The number of aromatic nitrogens is 4. The Labute approximate surface area is 99.6 Å². The van der Waals surface area contributed by atoms with E-state index in [4.69, 9.17) is 5.73 Å². The Morgan fingerprint density at radius 2 is 2.31 bits per heavy atom. The monoisotopic (exact) mass is 251 g/mol. The number of hydrogen-bond donors (Lipinski definition) is 1. The lowest BCUT2D eigenvalue weighted by molar-refractivity contribution is 0.838. The quantitative estimate of drug-likeness (QED) is 0.757. The number of anilines is 1. The van der Waals surface area contributed by atoms with Crippen LogP contribution in [0.1, 0.15) is 12.7 Å². The standard InChI is InChI=1S/C9H9N5S2/c1-2-6-11-12-9-14(6)13-8(16-9)7-5(10)3-4-15-7/h3-4H,2,10H2,1H3. The van der Waals surface area contributed by atoms with E-state index in [1.807, 2.05) is 18.4 Å². The minimum absolute atomic E-state index is 0.771. The lowest BCUT2D eigenvalue weighted by atomic mass is 10.4. The van der Waals surface area contributed by atoms with Gasteiger partial charge in [0.1, 0.15) is 0 Å². The van der Waals surface area contributed by atoms with Crippen molar-refractivity contribution in [2.75, 3.05) is 5.73 Å². The predicted molar refractivity (Wildman–Crippen MR) is 65.8 cm³/mol. The van der Waals surface area contributed by atoms with Crippen LogP contribution in [0.4, 0.5) is 5.69 Å². The molecule has 2 N–H and O–H groups in total. The van der Waals surface area contributed by atoms with E-state index >= 15 is 0 Å². The van der Waals surface area contributed by atoms with Crippen LogP contribution in [-0.4, -0.2) is 19.8 Å². The number of fused-ring (bicyclic) bond motifs is 1. The second-order valence-electron chi connectivity index (χ2n) is 3.28. The molecule has 82 valence electrons. The van der Waals surface area contributed by atoms with Crippen LogP contribution >= 0.6 is 22.7 Å². The van der Waals surface area contributed by atoms with Crippen molar-refractivity contribution in [3.63, 3.8) is 0 Å². The summed E-state index contributed by atoms with van der Waals surface area (Å²) in [5, 5.41) is 15.5. The van der Waals surface area contributed by atoms with Crippen LogP contribution in [0, 0.1) is 0 Å². The molecule has 0 aliphatic rings. The highest BCUT2D eigenvalue weighted by Gasteiger charge is 2.14. The molecule has 0 aromatic carbocycles. The number of nitrogens with two attached hydrogens (primary N) is 1. The van der Waals surface area contributed by atoms with Crippen LogP contribution in [0.2, 0.25) is 0 Å². The van der Waals surface area contributed by atoms with Gasteiger partial charge in [-0.2, -0.15) is 9.61 Å². The third-order valence-corrected chi connectivity index (χ3v) is 4.24. The van der Waals surface area contributed by atoms with Crippen LogP contribution in [-0.2, 0) is 6.42 Å². The van der Waals surface area contributed by atoms with Gasteiger partial charge < -0.3 is 5.73 Å². The molecule has 0 bridgehead atoms. The van der Waals surface area contributed by atoms with Gasteiger partial charge in [-0.15, -0.1) is 21.5 Å². The van der Waals surface area contributed by atoms with Crippen LogP contribution in [0.5, 0.6) is 0 Å². The SMILES string of the molecule is CCc1nnc2sc(-c3sccc3N)nn12. The molecule has 0 fully saturated rings. The van der Waals surface area contributed by atoms with Gasteiger partial charge in [0.2, 0.25) is 4.96 Å². The van der Waals surface area contributed by atoms with Crippen molar-refractivity contribution >= 4 is 33.3 Å². The minimum Gasteiger partial charge on any atom is -0.397 e. The average Bonchev–Trinajstić information content (AvgIpc) is 2.90. The molecule has 0 radical (unpaired) electrons. The average molecular weight is 251 g/mol. The molecule has 0 spiro atoms. The van der Waals surface area contributed by atoms with E-state index < -0.39 is 0 Å². The maximum absolute atomic E-state index is 5.87. The van der Waals surface area contributed by atoms with Crippen LogP contribution in [0.15, 0.2) is 11.4 Å². The first kappa shape index (κ1) is 9.73. The van der Waals surface area contributed by atoms with Gasteiger partial charge in [-0.1, -0.05) is 18.3 Å². The summed E-state index contributed by atoms with van der Waals surface area (Å²) in [5.41, 5.74) is 6.64. The van der Waals surface area contributed by atoms with Gasteiger partial charge in [0.05, 0.1) is 10.6 Å². The van der Waals surface area contributed by atoms with Crippen molar-refractivity contribution < 1.29 is 0 Å². The predicted octanol–water partition coefficient (Wildman–Crippen LogP) is 2.06. The van der Waals surface area contributed by atoms with Crippen LogP contribution in [0.25, 0.3) is 14.8 Å². The lowest BCUT2D eigenvalue weighted by Gasteiger charge is -1.91. The summed E-state index contributed by atoms with van der Waals surface area (Å²) < 4.78 is 1.79. The first-order valence-electron chi connectivity index (χ1n) is 4.84. The highest BCUT2D eigenvalue weighted by Crippen LogP contribution is 2.34. The molecule has 0 saturated heterocycles. The van der Waals surface area contributed by atoms with E-state index in [0.717, 1.165) is 32.8 Å². The van der Waals surface area contributed by atoms with Crippen molar-refractivity contribution in [1.29, 1.82) is 0 Å². The first-order chi connectivity index (χ1) is 7.79. The molecule has 3 rings (SSSR count). The molecule has 5 nitrogen and oxygen atoms in total. The summed E-state index contributed by atoms with van der Waals surface area (Å²) in [6, 6.07) is 1.89. The van der Waals surface area contributed by atoms with Gasteiger partial charge >= 0.3 is 0 Å². The number of thiophene rings is 1. The maximum atomic E-state index is 5.87. The number of rotatable bonds is 2. The highest BCUT2D eigenvalue weighted by atomic mass is 32.1. The third-order valence-electron chi connectivity index (χ3n) is 2.26. The molecule has 3 heterocycles. The smallest absolute Gasteiger partial charge is 0.235 e. The summed E-state index contributed by atoms with van der Waals surface area (Å²) in [5.74, 6) is 0.882. The number of hydrogen-bond acceptors (Lipinski definition) is 6. The molecule has 0 aliphatic carbocycles. The molecule has 0 saturated carbocycles. The fourth-order valence-corrected chi connectivity index (χ4v) is 3.25. The molecule has 3 aromatic heterocycles. The van der Waals surface area contributed by atoms with E-state index in [1.54, 1.807) is 15.9 Å². The van der Waals surface area contributed by atoms with Crippen molar-refractivity contribution in [2.24, 2.45) is 0 Å². The topological polar surface area (TPSA) is 69.1 Å². The summed E-state index contributed by atoms with van der Waals surface area (Å²) in [6.07, 6.45) is 0.824. The minimum atomic E-state index is 0.771. The molecule has 0 amide bonds. The summed E-state index contributed by atoms with van der Waals surface area (Å²) in [7, 11) is 0. The van der Waals surface area contributed by atoms with Gasteiger partial charge in [-0.3, -0.25) is 0 Å². The molecule has 16 heavy (non-hydrogen) atoms. The van der Waals surface area contributed by atoms with E-state index in [9.17, 15) is 0 Å². The van der Waals surface area contributed by atoms with Crippen LogP contribution in [0.3, 0.4) is 0 Å². The largest absolute Gasteiger partial charge is 0.397 e. The zero-order valence-corrected chi connectivity index (χ0v) is 10.2. The lowest BCUT2D eigenvalue weighted by Crippen LogP contribution is -1.93. The Bertz CT molecular complexity index is 635. The van der Waals surface area contributed by atoms with Gasteiger partial charge in [-0.05, 0) is 11.4 Å². The first-order valence-corrected chi connectivity index (χ1v) is 6.53. The van der Waals surface area contributed by atoms with Gasteiger partial charge in [0, 0.05) is 6.42 Å². The number of nitrogen functional groups attached to an aromatic ring is 1. The van der Waals surface area contributed by atoms with Gasteiger partial charge in [0.15, 0.2) is 10.8 Å². The Morgan fingerprint density at radius 1 is 1.44 bits per heavy atom. The van der Waals surface area contributed by atoms with E-state index in [2.05, 4.69) is 15.3 Å². The molecule has 3 aromatic rings. The van der Waals surface area contributed by atoms with E-state index in [1.165, 1.54) is 11.3 Å². The molecule has 7 heteroatoms. The van der Waals surface area contributed by atoms with E-state index in [-0.39, 0.29) is 0 Å². The van der Waals surface area contributed by atoms with Crippen molar-refractivity contribution in [3.05, 3.63) is 17.3 Å². The summed E-state index contributed by atoms with van der Waals surface area (Å²) in [4.78, 5) is 1.83. The third kappa shape index (κ3) is 1.32. The second kappa shape index (κ2) is 3.53. The summed E-state index contributed by atoms with van der Waals surface area (Å²) in [6.45, 7) is 2.04. The Hall–Kier alpha value is -1.47. The normalized spacial score (nSPS) is 11.3. The van der Waals surface area contributed by atoms with Gasteiger partial charge in [-0.25, -0.2) is 0 Å². The number of aryl methyl sites for hydroxylation is 1. The Morgan fingerprint density at radius 3 is 3.00 bits per heavy atom. The van der Waals surface area contributed by atoms with Crippen molar-refractivity contribution in [2.45, 2.75) is 13.3 Å². The second-order valence-corrected chi connectivity index (χ2v) is 5.15. The fourth-order valence-electron chi connectivity index (χ4n) is 1.46. The molecular weight excluding hydrogens is 242 g/mol. The molecule has 0 unspecified atom stereocenters. The zero-order chi connectivity index (χ0) is 11.1. The van der Waals surface area contributed by atoms with Gasteiger partial charge in [0.25, 0.3) is 0 Å². The Kier molecular flexibility index (Phi) is 2.15. The van der Waals surface area contributed by atoms with Crippen LogP contribution < -0.4 is 5.73 Å². The highest BCUT2D eigenvalue weighted by molar-refractivity contribution is 7.24. The summed E-state index contributed by atoms with van der Waals surface area (Å²) >= 11 is 3.11. The fraction of sp³-hybridized carbons (Fsp3) is 0.222. The molecule has 0 atom stereocenters.